The average molecular weight is 282 g/mol. The van der Waals surface area contributed by atoms with Gasteiger partial charge in [-0.25, -0.2) is 0 Å². The van der Waals surface area contributed by atoms with E-state index in [1.54, 1.807) is 11.3 Å². The van der Waals surface area contributed by atoms with Gasteiger partial charge in [-0.1, -0.05) is 51.9 Å². The molecular weight excluding hydrogens is 256 g/mol. The molecule has 0 N–H and O–H groups in total. The number of thiophene rings is 1. The third-order valence-electron chi connectivity index (χ3n) is 3.73. The molecule has 0 unspecified atom stereocenters. The molecule has 1 aromatic rings. The van der Waals surface area contributed by atoms with Crippen LogP contribution >= 0.6 is 11.3 Å². The lowest BCUT2D eigenvalue weighted by molar-refractivity contribution is -0.0697. The summed E-state index contributed by atoms with van der Waals surface area (Å²) in [5.74, 6) is 1.43. The van der Waals surface area contributed by atoms with Crippen LogP contribution in [0, 0.1) is 0 Å². The summed E-state index contributed by atoms with van der Waals surface area (Å²) in [5, 5.41) is 4.04. The highest BCUT2D eigenvalue weighted by atomic mass is 32.1. The van der Waals surface area contributed by atoms with Crippen molar-refractivity contribution in [3.63, 3.8) is 0 Å². The van der Waals surface area contributed by atoms with Crippen LogP contribution in [0.1, 0.15) is 71.6 Å². The van der Waals surface area contributed by atoms with Crippen molar-refractivity contribution >= 4 is 11.3 Å². The minimum Gasteiger partial charge on any atom is -0.448 e. The second-order valence-corrected chi connectivity index (χ2v) is 6.41. The van der Waals surface area contributed by atoms with Gasteiger partial charge >= 0.3 is 0 Å². The normalized spacial score (nSPS) is 15.9. The number of rotatable bonds is 9. The molecule has 2 nitrogen and oxygen atoms in total. The van der Waals surface area contributed by atoms with Crippen molar-refractivity contribution in [1.82, 2.24) is 0 Å². The third kappa shape index (κ3) is 4.41. The minimum absolute atomic E-state index is 0.416. The van der Waals surface area contributed by atoms with Crippen molar-refractivity contribution in [2.45, 2.75) is 77.4 Å². The molecule has 19 heavy (non-hydrogen) atoms. The minimum atomic E-state index is -0.416. The van der Waals surface area contributed by atoms with Crippen LogP contribution in [-0.2, 0) is 0 Å². The summed E-state index contributed by atoms with van der Waals surface area (Å²) in [4.78, 5) is 0. The monoisotopic (exact) mass is 282 g/mol. The Labute approximate surface area is 121 Å². The zero-order valence-corrected chi connectivity index (χ0v) is 13.1. The SMILES string of the molecule is CCCCCCCCCCC1(C)Oc2cscc2O1. The van der Waals surface area contributed by atoms with Gasteiger partial charge in [-0.15, -0.1) is 11.3 Å². The highest BCUT2D eigenvalue weighted by Crippen LogP contribution is 2.43. The highest BCUT2D eigenvalue weighted by molar-refractivity contribution is 7.08. The van der Waals surface area contributed by atoms with Crippen LogP contribution in [0.15, 0.2) is 10.8 Å². The molecule has 0 radical (unpaired) electrons. The molecule has 0 atom stereocenters. The van der Waals surface area contributed by atoms with Crippen LogP contribution < -0.4 is 9.47 Å². The third-order valence-corrected chi connectivity index (χ3v) is 4.43. The Morgan fingerprint density at radius 2 is 1.42 bits per heavy atom. The van der Waals surface area contributed by atoms with Crippen molar-refractivity contribution in [3.05, 3.63) is 10.8 Å². The van der Waals surface area contributed by atoms with E-state index in [4.69, 9.17) is 9.47 Å². The van der Waals surface area contributed by atoms with Gasteiger partial charge in [0.15, 0.2) is 11.5 Å². The summed E-state index contributed by atoms with van der Waals surface area (Å²) in [7, 11) is 0. The van der Waals surface area contributed by atoms with Crippen LogP contribution in [0.3, 0.4) is 0 Å². The molecule has 1 aliphatic rings. The molecule has 0 saturated carbocycles. The van der Waals surface area contributed by atoms with Crippen molar-refractivity contribution in [3.8, 4) is 11.5 Å². The van der Waals surface area contributed by atoms with Gasteiger partial charge in [-0.2, -0.15) is 0 Å². The molecule has 2 heterocycles. The predicted molar refractivity (Wildman–Crippen MR) is 81.2 cm³/mol. The van der Waals surface area contributed by atoms with E-state index in [0.717, 1.165) is 17.9 Å². The van der Waals surface area contributed by atoms with Gasteiger partial charge in [-0.05, 0) is 6.42 Å². The highest BCUT2D eigenvalue weighted by Gasteiger charge is 2.36. The first-order valence-electron chi connectivity index (χ1n) is 7.68. The van der Waals surface area contributed by atoms with E-state index in [-0.39, 0.29) is 0 Å². The molecule has 2 rings (SSSR count). The topological polar surface area (TPSA) is 18.5 Å². The maximum Gasteiger partial charge on any atom is 0.249 e. The number of unbranched alkanes of at least 4 members (excludes halogenated alkanes) is 7. The van der Waals surface area contributed by atoms with Crippen LogP contribution in [-0.4, -0.2) is 5.79 Å². The molecule has 0 fully saturated rings. The molecule has 0 aliphatic carbocycles. The molecule has 3 heteroatoms. The van der Waals surface area contributed by atoms with Gasteiger partial charge in [0.05, 0.1) is 0 Å². The first-order chi connectivity index (χ1) is 9.23. The van der Waals surface area contributed by atoms with Crippen LogP contribution in [0.2, 0.25) is 0 Å². The molecular formula is C16H26O2S. The van der Waals surface area contributed by atoms with E-state index in [2.05, 4.69) is 13.8 Å². The summed E-state index contributed by atoms with van der Waals surface area (Å²) in [6, 6.07) is 0. The van der Waals surface area contributed by atoms with Gasteiger partial charge < -0.3 is 9.47 Å². The smallest absolute Gasteiger partial charge is 0.249 e. The molecule has 0 aromatic carbocycles. The first kappa shape index (κ1) is 14.7. The van der Waals surface area contributed by atoms with Crippen LogP contribution in [0.25, 0.3) is 0 Å². The molecule has 0 amide bonds. The largest absolute Gasteiger partial charge is 0.448 e. The Bertz CT molecular complexity index is 352. The van der Waals surface area contributed by atoms with Crippen molar-refractivity contribution < 1.29 is 9.47 Å². The van der Waals surface area contributed by atoms with E-state index >= 15 is 0 Å². The second-order valence-electron chi connectivity index (χ2n) is 5.66. The van der Waals surface area contributed by atoms with Gasteiger partial charge in [-0.3, -0.25) is 0 Å². The maximum absolute atomic E-state index is 5.88. The predicted octanol–water partition coefficient (Wildman–Crippen LogP) is 5.77. The zero-order chi connectivity index (χ0) is 13.6. The van der Waals surface area contributed by atoms with Gasteiger partial charge in [0.1, 0.15) is 0 Å². The van der Waals surface area contributed by atoms with Crippen LogP contribution in [0.5, 0.6) is 11.5 Å². The van der Waals surface area contributed by atoms with Gasteiger partial charge in [0.25, 0.3) is 0 Å². The lowest BCUT2D eigenvalue weighted by atomic mass is 10.0. The summed E-state index contributed by atoms with van der Waals surface area (Å²) in [6.45, 7) is 4.32. The fraction of sp³-hybridized carbons (Fsp3) is 0.750. The molecule has 0 bridgehead atoms. The van der Waals surface area contributed by atoms with Crippen molar-refractivity contribution in [2.24, 2.45) is 0 Å². The van der Waals surface area contributed by atoms with Crippen molar-refractivity contribution in [2.75, 3.05) is 0 Å². The second kappa shape index (κ2) is 7.18. The van der Waals surface area contributed by atoms with E-state index in [0.29, 0.717) is 0 Å². The summed E-state index contributed by atoms with van der Waals surface area (Å²) < 4.78 is 11.8. The Kier molecular flexibility index (Phi) is 5.56. The molecule has 1 aliphatic heterocycles. The molecule has 1 aromatic heterocycles. The fourth-order valence-corrected chi connectivity index (χ4v) is 3.23. The van der Waals surface area contributed by atoms with Gasteiger partial charge in [0.2, 0.25) is 5.79 Å². The summed E-state index contributed by atoms with van der Waals surface area (Å²) in [5.41, 5.74) is 0. The molecule has 0 spiro atoms. The summed E-state index contributed by atoms with van der Waals surface area (Å²) >= 11 is 1.63. The quantitative estimate of drug-likeness (QED) is 0.535. The number of hydrogen-bond donors (Lipinski definition) is 0. The van der Waals surface area contributed by atoms with Crippen LogP contribution in [0.4, 0.5) is 0 Å². The average Bonchev–Trinajstić information content (AvgIpc) is 2.91. The van der Waals surface area contributed by atoms with E-state index < -0.39 is 5.79 Å². The molecule has 0 saturated heterocycles. The number of hydrogen-bond acceptors (Lipinski definition) is 3. The Morgan fingerprint density at radius 1 is 0.895 bits per heavy atom. The Hall–Kier alpha value is -0.700. The lowest BCUT2D eigenvalue weighted by Gasteiger charge is -2.23. The standard InChI is InChI=1S/C16H26O2S/c1-3-4-5-6-7-8-9-10-11-16(2)17-14-12-19-13-15(14)18-16/h12-13H,3-11H2,1-2H3. The van der Waals surface area contributed by atoms with E-state index in [9.17, 15) is 0 Å². The zero-order valence-electron chi connectivity index (χ0n) is 12.2. The van der Waals surface area contributed by atoms with E-state index in [1.807, 2.05) is 10.8 Å². The van der Waals surface area contributed by atoms with Crippen molar-refractivity contribution in [1.29, 1.82) is 0 Å². The lowest BCUT2D eigenvalue weighted by Crippen LogP contribution is -2.34. The fourth-order valence-electron chi connectivity index (χ4n) is 2.59. The van der Waals surface area contributed by atoms with Gasteiger partial charge in [0, 0.05) is 24.1 Å². The Morgan fingerprint density at radius 3 is 2.00 bits per heavy atom. The first-order valence-corrected chi connectivity index (χ1v) is 8.62. The number of ether oxygens (including phenoxy) is 2. The molecule has 108 valence electrons. The maximum atomic E-state index is 5.88. The van der Waals surface area contributed by atoms with E-state index in [1.165, 1.54) is 51.4 Å². The Balaban J connectivity index is 1.53. The number of fused-ring (bicyclic) bond motifs is 1. The summed E-state index contributed by atoms with van der Waals surface area (Å²) in [6.07, 6.45) is 11.7.